The van der Waals surface area contributed by atoms with Crippen molar-refractivity contribution in [2.75, 3.05) is 13.2 Å². The third-order valence-electron chi connectivity index (χ3n) is 4.63. The molecule has 0 spiro atoms. The zero-order valence-electron chi connectivity index (χ0n) is 14.0. The number of amides is 2. The highest BCUT2D eigenvalue weighted by Gasteiger charge is 2.34. The fourth-order valence-corrected chi connectivity index (χ4v) is 3.37. The van der Waals surface area contributed by atoms with Gasteiger partial charge in [-0.1, -0.05) is 36.4 Å². The number of rotatable bonds is 3. The number of nitrogens with zero attached hydrogens (tertiary/aromatic N) is 1. The molecule has 0 aliphatic carbocycles. The largest absolute Gasteiger partial charge is 0.457 e. The van der Waals surface area contributed by atoms with E-state index >= 15 is 0 Å². The van der Waals surface area contributed by atoms with Gasteiger partial charge in [-0.3, -0.25) is 19.3 Å². The molecule has 2 aliphatic heterocycles. The number of hydrogen-bond acceptors (Lipinski definition) is 5. The minimum atomic E-state index is -0.668. The number of carbonyl (C=O) groups excluding carboxylic acids is 3. The lowest BCUT2D eigenvalue weighted by Crippen LogP contribution is -2.36. The number of hydrogen-bond donors (Lipinski definition) is 0. The minimum absolute atomic E-state index is 0.215. The molecule has 0 radical (unpaired) electrons. The summed E-state index contributed by atoms with van der Waals surface area (Å²) in [6, 6.07) is 14.5. The monoisotopic (exact) mass is 351 g/mol. The van der Waals surface area contributed by atoms with Gasteiger partial charge in [0.15, 0.2) is 6.61 Å². The van der Waals surface area contributed by atoms with Crippen molar-refractivity contribution in [1.82, 2.24) is 4.90 Å². The number of esters is 1. The van der Waals surface area contributed by atoms with Gasteiger partial charge < -0.3 is 9.47 Å². The van der Waals surface area contributed by atoms with E-state index in [4.69, 9.17) is 9.47 Å². The first-order chi connectivity index (χ1) is 12.6. The number of carbonyl (C=O) groups is 3. The molecule has 26 heavy (non-hydrogen) atoms. The van der Waals surface area contributed by atoms with Crippen LogP contribution in [0.5, 0.6) is 11.5 Å². The molecular formula is C20H17NO5. The third kappa shape index (κ3) is 2.83. The van der Waals surface area contributed by atoms with E-state index in [2.05, 4.69) is 0 Å². The first-order valence-corrected chi connectivity index (χ1v) is 8.50. The second-order valence-electron chi connectivity index (χ2n) is 6.26. The Morgan fingerprint density at radius 2 is 1.65 bits per heavy atom. The van der Waals surface area contributed by atoms with Crippen molar-refractivity contribution in [3.63, 3.8) is 0 Å². The molecule has 0 saturated carbocycles. The highest BCUT2D eigenvalue weighted by Crippen LogP contribution is 2.44. The van der Waals surface area contributed by atoms with Crippen molar-refractivity contribution in [3.05, 3.63) is 59.7 Å². The molecule has 0 bridgehead atoms. The fraction of sp³-hybridized carbons (Fsp3) is 0.250. The van der Waals surface area contributed by atoms with Crippen molar-refractivity contribution in [1.29, 1.82) is 0 Å². The predicted molar refractivity (Wildman–Crippen MR) is 91.7 cm³/mol. The van der Waals surface area contributed by atoms with Gasteiger partial charge in [0.25, 0.3) is 5.91 Å². The number of para-hydroxylation sites is 2. The van der Waals surface area contributed by atoms with Gasteiger partial charge >= 0.3 is 5.97 Å². The number of fused-ring (bicyclic) bond motifs is 2. The van der Waals surface area contributed by atoms with Gasteiger partial charge in [-0.25, -0.2) is 0 Å². The molecule has 1 saturated heterocycles. The first-order valence-electron chi connectivity index (χ1n) is 8.50. The number of likely N-dealkylation sites (tertiary alicyclic amines) is 1. The molecule has 6 nitrogen and oxygen atoms in total. The van der Waals surface area contributed by atoms with Crippen molar-refractivity contribution < 1.29 is 23.9 Å². The Labute approximate surface area is 150 Å². The molecule has 6 heteroatoms. The molecule has 2 aromatic rings. The quantitative estimate of drug-likeness (QED) is 0.795. The van der Waals surface area contributed by atoms with Crippen LogP contribution >= 0.6 is 0 Å². The Balaban J connectivity index is 1.56. The van der Waals surface area contributed by atoms with Crippen LogP contribution < -0.4 is 4.74 Å². The molecule has 2 heterocycles. The van der Waals surface area contributed by atoms with Crippen LogP contribution in [0.15, 0.2) is 48.5 Å². The van der Waals surface area contributed by atoms with Gasteiger partial charge in [0.1, 0.15) is 17.4 Å². The van der Waals surface area contributed by atoms with Gasteiger partial charge in [0, 0.05) is 24.1 Å². The average Bonchev–Trinajstić information content (AvgIpc) is 3.10. The van der Waals surface area contributed by atoms with E-state index in [0.29, 0.717) is 42.0 Å². The molecule has 2 aliphatic rings. The molecule has 1 fully saturated rings. The average molecular weight is 351 g/mol. The molecular weight excluding hydrogens is 334 g/mol. The van der Waals surface area contributed by atoms with Crippen molar-refractivity contribution in [2.45, 2.75) is 18.8 Å². The van der Waals surface area contributed by atoms with E-state index < -0.39 is 24.4 Å². The van der Waals surface area contributed by atoms with Crippen molar-refractivity contribution >= 4 is 17.8 Å². The summed E-state index contributed by atoms with van der Waals surface area (Å²) in [5, 5.41) is 0. The highest BCUT2D eigenvalue weighted by molar-refractivity contribution is 5.98. The van der Waals surface area contributed by atoms with E-state index in [-0.39, 0.29) is 5.91 Å². The Hall–Kier alpha value is -3.15. The van der Waals surface area contributed by atoms with E-state index in [1.807, 2.05) is 36.4 Å². The van der Waals surface area contributed by atoms with Crippen molar-refractivity contribution in [3.8, 4) is 11.5 Å². The maximum absolute atomic E-state index is 12.8. The summed E-state index contributed by atoms with van der Waals surface area (Å²) in [7, 11) is 0. The summed E-state index contributed by atoms with van der Waals surface area (Å²) in [6.07, 6.45) is 1.01. The molecule has 132 valence electrons. The fourth-order valence-electron chi connectivity index (χ4n) is 3.37. The Morgan fingerprint density at radius 3 is 2.23 bits per heavy atom. The van der Waals surface area contributed by atoms with E-state index in [1.54, 1.807) is 12.1 Å². The van der Waals surface area contributed by atoms with E-state index in [9.17, 15) is 14.4 Å². The van der Waals surface area contributed by atoms with Gasteiger partial charge in [-0.05, 0) is 18.6 Å². The van der Waals surface area contributed by atoms with E-state index in [1.165, 1.54) is 0 Å². The summed E-state index contributed by atoms with van der Waals surface area (Å²) in [5.41, 5.74) is 1.39. The Bertz CT molecular complexity index is 846. The van der Waals surface area contributed by atoms with Crippen LogP contribution in [0, 0.1) is 0 Å². The smallest absolute Gasteiger partial charge is 0.318 e. The van der Waals surface area contributed by atoms with Gasteiger partial charge in [0.05, 0.1) is 0 Å². The van der Waals surface area contributed by atoms with Gasteiger partial charge in [-0.2, -0.15) is 0 Å². The second-order valence-corrected chi connectivity index (χ2v) is 6.26. The second kappa shape index (κ2) is 6.63. The Morgan fingerprint density at radius 1 is 1.04 bits per heavy atom. The number of benzene rings is 2. The molecule has 2 aromatic carbocycles. The number of imide groups is 1. The summed E-state index contributed by atoms with van der Waals surface area (Å²) >= 11 is 0. The normalized spacial score (nSPS) is 15.8. The standard InChI is InChI=1S/C20H17NO5/c22-17-10-5-11-21(17)18(23)12-25-20(24)19-13-6-1-3-8-15(13)26-16-9-4-2-7-14(16)19/h1-4,6-9,19H,5,10-12H2. The van der Waals surface area contributed by atoms with E-state index in [0.717, 1.165) is 4.90 Å². The molecule has 4 rings (SSSR count). The maximum Gasteiger partial charge on any atom is 0.318 e. The van der Waals surface area contributed by atoms with Crippen LogP contribution in [0.3, 0.4) is 0 Å². The Kier molecular flexibility index (Phi) is 4.16. The molecule has 0 atom stereocenters. The first kappa shape index (κ1) is 16.3. The zero-order valence-corrected chi connectivity index (χ0v) is 14.0. The zero-order chi connectivity index (χ0) is 18.1. The van der Waals surface area contributed by atoms with Crippen molar-refractivity contribution in [2.24, 2.45) is 0 Å². The lowest BCUT2D eigenvalue weighted by Gasteiger charge is -2.26. The summed E-state index contributed by atoms with van der Waals surface area (Å²) in [4.78, 5) is 37.7. The summed E-state index contributed by atoms with van der Waals surface area (Å²) in [6.45, 7) is -0.0512. The summed E-state index contributed by atoms with van der Waals surface area (Å²) < 4.78 is 11.1. The van der Waals surface area contributed by atoms with Crippen LogP contribution in [-0.4, -0.2) is 35.8 Å². The topological polar surface area (TPSA) is 72.9 Å². The molecule has 0 N–H and O–H groups in total. The summed E-state index contributed by atoms with van der Waals surface area (Å²) in [5.74, 6) is -0.711. The van der Waals surface area contributed by atoms with Crippen LogP contribution in [0.2, 0.25) is 0 Å². The van der Waals surface area contributed by atoms with Gasteiger partial charge in [0.2, 0.25) is 5.91 Å². The molecule has 0 aromatic heterocycles. The third-order valence-corrected chi connectivity index (χ3v) is 4.63. The maximum atomic E-state index is 12.8. The minimum Gasteiger partial charge on any atom is -0.457 e. The lowest BCUT2D eigenvalue weighted by molar-refractivity contribution is -0.155. The SMILES string of the molecule is O=C(OCC(=O)N1CCCC1=O)C1c2ccccc2Oc2ccccc21. The van der Waals surface area contributed by atoms with Gasteiger partial charge in [-0.15, -0.1) is 0 Å². The van der Waals surface area contributed by atoms with Crippen LogP contribution in [0.1, 0.15) is 29.9 Å². The molecule has 2 amide bonds. The lowest BCUT2D eigenvalue weighted by atomic mass is 9.88. The van der Waals surface area contributed by atoms with Crippen LogP contribution in [-0.2, 0) is 19.1 Å². The number of ether oxygens (including phenoxy) is 2. The highest BCUT2D eigenvalue weighted by atomic mass is 16.5. The molecule has 0 unspecified atom stereocenters. The van der Waals surface area contributed by atoms with Crippen LogP contribution in [0.25, 0.3) is 0 Å². The van der Waals surface area contributed by atoms with Crippen LogP contribution in [0.4, 0.5) is 0 Å². The predicted octanol–water partition coefficient (Wildman–Crippen LogP) is 2.62.